The average Bonchev–Trinajstić information content (AvgIpc) is 2.43. The molecule has 0 saturated heterocycles. The van der Waals surface area contributed by atoms with Gasteiger partial charge in [0.15, 0.2) is 0 Å². The summed E-state index contributed by atoms with van der Waals surface area (Å²) < 4.78 is 5.40. The van der Waals surface area contributed by atoms with Gasteiger partial charge in [-0.15, -0.1) is 0 Å². The molecule has 0 bridgehead atoms. The lowest BCUT2D eigenvalue weighted by Gasteiger charge is -2.14. The predicted molar refractivity (Wildman–Crippen MR) is 77.3 cm³/mol. The molecule has 0 aromatic heterocycles. The van der Waals surface area contributed by atoms with Crippen molar-refractivity contribution in [3.05, 3.63) is 29.8 Å². The Morgan fingerprint density at radius 2 is 1.95 bits per heavy atom. The monoisotopic (exact) mass is 264 g/mol. The number of amides is 1. The topological polar surface area (TPSA) is 50.4 Å². The largest absolute Gasteiger partial charge is 0.494 e. The Balaban J connectivity index is 2.40. The average molecular weight is 264 g/mol. The molecule has 0 aliphatic rings. The molecule has 106 valence electrons. The van der Waals surface area contributed by atoms with Gasteiger partial charge in [-0.05, 0) is 38.0 Å². The van der Waals surface area contributed by atoms with Crippen molar-refractivity contribution in [2.45, 2.75) is 33.2 Å². The van der Waals surface area contributed by atoms with Gasteiger partial charge in [-0.2, -0.15) is 0 Å². The Morgan fingerprint density at radius 1 is 1.26 bits per heavy atom. The molecule has 1 amide bonds. The van der Waals surface area contributed by atoms with E-state index >= 15 is 0 Å². The van der Waals surface area contributed by atoms with Crippen molar-refractivity contribution in [2.75, 3.05) is 19.7 Å². The van der Waals surface area contributed by atoms with Crippen molar-refractivity contribution in [1.29, 1.82) is 0 Å². The van der Waals surface area contributed by atoms with E-state index in [1.807, 2.05) is 45.0 Å². The number of hydrogen-bond acceptors (Lipinski definition) is 3. The zero-order chi connectivity index (χ0) is 14.1. The SMILES string of the molecule is CCCNC(=O)CNC(C)c1ccc(OCC)cc1. The lowest BCUT2D eigenvalue weighted by atomic mass is 10.1. The van der Waals surface area contributed by atoms with E-state index in [2.05, 4.69) is 10.6 Å². The standard InChI is InChI=1S/C15H24N2O2/c1-4-10-16-15(18)11-17-12(3)13-6-8-14(9-7-13)19-5-2/h6-9,12,17H,4-5,10-11H2,1-3H3,(H,16,18). The Morgan fingerprint density at radius 3 is 2.53 bits per heavy atom. The van der Waals surface area contributed by atoms with Crippen LogP contribution in [-0.4, -0.2) is 25.6 Å². The zero-order valence-electron chi connectivity index (χ0n) is 12.0. The fourth-order valence-corrected chi connectivity index (χ4v) is 1.71. The Bertz CT molecular complexity index is 376. The lowest BCUT2D eigenvalue weighted by molar-refractivity contribution is -0.120. The van der Waals surface area contributed by atoms with Crippen LogP contribution in [-0.2, 0) is 4.79 Å². The number of nitrogens with one attached hydrogen (secondary N) is 2. The maximum Gasteiger partial charge on any atom is 0.233 e. The number of benzene rings is 1. The van der Waals surface area contributed by atoms with E-state index in [0.717, 1.165) is 24.3 Å². The van der Waals surface area contributed by atoms with E-state index < -0.39 is 0 Å². The summed E-state index contributed by atoms with van der Waals surface area (Å²) in [7, 11) is 0. The van der Waals surface area contributed by atoms with Crippen LogP contribution in [0.4, 0.5) is 0 Å². The van der Waals surface area contributed by atoms with Crippen LogP contribution < -0.4 is 15.4 Å². The summed E-state index contributed by atoms with van der Waals surface area (Å²) in [5.74, 6) is 0.916. The Labute approximate surface area is 115 Å². The Kier molecular flexibility index (Phi) is 6.97. The molecule has 0 spiro atoms. The molecule has 0 radical (unpaired) electrons. The fraction of sp³-hybridized carbons (Fsp3) is 0.533. The first kappa shape index (κ1) is 15.5. The van der Waals surface area contributed by atoms with E-state index in [9.17, 15) is 4.79 Å². The summed E-state index contributed by atoms with van der Waals surface area (Å²) in [6.45, 7) is 7.79. The van der Waals surface area contributed by atoms with E-state index in [1.165, 1.54) is 0 Å². The first-order valence-corrected chi connectivity index (χ1v) is 6.90. The van der Waals surface area contributed by atoms with Crippen LogP contribution in [0.2, 0.25) is 0 Å². The third kappa shape index (κ3) is 5.75. The highest BCUT2D eigenvalue weighted by molar-refractivity contribution is 5.77. The van der Waals surface area contributed by atoms with Crippen molar-refractivity contribution in [3.8, 4) is 5.75 Å². The van der Waals surface area contributed by atoms with Gasteiger partial charge in [0, 0.05) is 12.6 Å². The van der Waals surface area contributed by atoms with Gasteiger partial charge in [0.1, 0.15) is 5.75 Å². The molecule has 1 unspecified atom stereocenters. The summed E-state index contributed by atoms with van der Waals surface area (Å²) >= 11 is 0. The third-order valence-electron chi connectivity index (χ3n) is 2.83. The van der Waals surface area contributed by atoms with Crippen LogP contribution in [0, 0.1) is 0 Å². The van der Waals surface area contributed by atoms with E-state index in [1.54, 1.807) is 0 Å². The van der Waals surface area contributed by atoms with Gasteiger partial charge in [0.2, 0.25) is 5.91 Å². The van der Waals surface area contributed by atoms with E-state index in [-0.39, 0.29) is 11.9 Å². The molecule has 0 heterocycles. The van der Waals surface area contributed by atoms with Crippen molar-refractivity contribution in [3.63, 3.8) is 0 Å². The maximum absolute atomic E-state index is 11.5. The number of carbonyl (C=O) groups excluding carboxylic acids is 1. The van der Waals surface area contributed by atoms with Crippen LogP contribution in [0.1, 0.15) is 38.8 Å². The Hall–Kier alpha value is -1.55. The molecular formula is C15H24N2O2. The smallest absolute Gasteiger partial charge is 0.233 e. The second-order valence-electron chi connectivity index (χ2n) is 4.45. The molecule has 19 heavy (non-hydrogen) atoms. The molecule has 1 aromatic carbocycles. The van der Waals surface area contributed by atoms with Gasteiger partial charge in [0.05, 0.1) is 13.2 Å². The molecule has 0 saturated carbocycles. The van der Waals surface area contributed by atoms with Crippen molar-refractivity contribution < 1.29 is 9.53 Å². The van der Waals surface area contributed by atoms with Gasteiger partial charge >= 0.3 is 0 Å². The molecule has 2 N–H and O–H groups in total. The van der Waals surface area contributed by atoms with Crippen LogP contribution >= 0.6 is 0 Å². The number of carbonyl (C=O) groups is 1. The van der Waals surface area contributed by atoms with Crippen molar-refractivity contribution in [2.24, 2.45) is 0 Å². The van der Waals surface area contributed by atoms with E-state index in [0.29, 0.717) is 13.2 Å². The van der Waals surface area contributed by atoms with Gasteiger partial charge in [-0.3, -0.25) is 4.79 Å². The zero-order valence-corrected chi connectivity index (χ0v) is 12.0. The normalized spacial score (nSPS) is 11.9. The molecule has 0 fully saturated rings. The molecule has 4 nitrogen and oxygen atoms in total. The molecule has 1 atom stereocenters. The number of hydrogen-bond donors (Lipinski definition) is 2. The molecule has 1 aromatic rings. The molecule has 1 rings (SSSR count). The summed E-state index contributed by atoms with van der Waals surface area (Å²) in [5, 5.41) is 6.05. The lowest BCUT2D eigenvalue weighted by Crippen LogP contribution is -2.35. The fourth-order valence-electron chi connectivity index (χ4n) is 1.71. The quantitative estimate of drug-likeness (QED) is 0.757. The first-order chi connectivity index (χ1) is 9.17. The maximum atomic E-state index is 11.5. The van der Waals surface area contributed by atoms with E-state index in [4.69, 9.17) is 4.74 Å². The first-order valence-electron chi connectivity index (χ1n) is 6.90. The summed E-state index contributed by atoms with van der Waals surface area (Å²) in [6.07, 6.45) is 0.959. The van der Waals surface area contributed by atoms with Gasteiger partial charge in [-0.25, -0.2) is 0 Å². The minimum atomic E-state index is 0.0413. The minimum Gasteiger partial charge on any atom is -0.494 e. The molecule has 0 aliphatic carbocycles. The highest BCUT2D eigenvalue weighted by atomic mass is 16.5. The highest BCUT2D eigenvalue weighted by Gasteiger charge is 2.07. The number of ether oxygens (including phenoxy) is 1. The third-order valence-corrected chi connectivity index (χ3v) is 2.83. The van der Waals surface area contributed by atoms with Gasteiger partial charge in [0.25, 0.3) is 0 Å². The molecular weight excluding hydrogens is 240 g/mol. The predicted octanol–water partition coefficient (Wildman–Crippen LogP) is 2.26. The van der Waals surface area contributed by atoms with Gasteiger partial charge < -0.3 is 15.4 Å². The van der Waals surface area contributed by atoms with Crippen LogP contribution in [0.25, 0.3) is 0 Å². The summed E-state index contributed by atoms with van der Waals surface area (Å²) in [5.41, 5.74) is 1.15. The second-order valence-corrected chi connectivity index (χ2v) is 4.45. The van der Waals surface area contributed by atoms with Crippen LogP contribution in [0.15, 0.2) is 24.3 Å². The molecule has 4 heteroatoms. The molecule has 0 aliphatic heterocycles. The second kappa shape index (κ2) is 8.53. The number of rotatable bonds is 8. The van der Waals surface area contributed by atoms with Gasteiger partial charge in [-0.1, -0.05) is 19.1 Å². The highest BCUT2D eigenvalue weighted by Crippen LogP contribution is 2.17. The van der Waals surface area contributed by atoms with Crippen molar-refractivity contribution >= 4 is 5.91 Å². The summed E-state index contributed by atoms with van der Waals surface area (Å²) in [4.78, 5) is 11.5. The van der Waals surface area contributed by atoms with Crippen LogP contribution in [0.3, 0.4) is 0 Å². The van der Waals surface area contributed by atoms with Crippen molar-refractivity contribution in [1.82, 2.24) is 10.6 Å². The minimum absolute atomic E-state index is 0.0413. The summed E-state index contributed by atoms with van der Waals surface area (Å²) in [6, 6.07) is 8.09. The van der Waals surface area contributed by atoms with Crippen LogP contribution in [0.5, 0.6) is 5.75 Å².